The second-order valence-corrected chi connectivity index (χ2v) is 6.54. The Balaban J connectivity index is 2.13. The molecule has 0 atom stereocenters. The first-order chi connectivity index (χ1) is 9.14. The fraction of sp³-hybridized carbons (Fsp3) is 0.625. The fourth-order valence-electron chi connectivity index (χ4n) is 3.05. The van der Waals surface area contributed by atoms with Gasteiger partial charge in [0.2, 0.25) is 0 Å². The Morgan fingerprint density at radius 3 is 2.58 bits per heavy atom. The Morgan fingerprint density at radius 1 is 1.32 bits per heavy atom. The van der Waals surface area contributed by atoms with Crippen molar-refractivity contribution in [2.24, 2.45) is 5.41 Å². The number of benzene rings is 1. The van der Waals surface area contributed by atoms with E-state index in [4.69, 9.17) is 0 Å². The van der Waals surface area contributed by atoms with E-state index in [2.05, 4.69) is 58.2 Å². The highest BCUT2D eigenvalue weighted by molar-refractivity contribution is 9.10. The average Bonchev–Trinajstić information content (AvgIpc) is 2.86. The molecular formula is C16H25BrN2. The smallest absolute Gasteiger partial charge is 0.0377 e. The lowest BCUT2D eigenvalue weighted by atomic mass is 9.82. The molecule has 1 aliphatic heterocycles. The van der Waals surface area contributed by atoms with Crippen LogP contribution < -0.4 is 10.2 Å². The van der Waals surface area contributed by atoms with E-state index in [9.17, 15) is 0 Å². The van der Waals surface area contributed by atoms with Crippen LogP contribution >= 0.6 is 15.9 Å². The van der Waals surface area contributed by atoms with Crippen LogP contribution in [0, 0.1) is 5.41 Å². The summed E-state index contributed by atoms with van der Waals surface area (Å²) in [5, 5.41) is 3.20. The summed E-state index contributed by atoms with van der Waals surface area (Å²) in [6, 6.07) is 6.76. The summed E-state index contributed by atoms with van der Waals surface area (Å²) in [5.41, 5.74) is 3.22. The third-order valence-corrected chi connectivity index (χ3v) is 5.45. The maximum atomic E-state index is 3.69. The zero-order chi connectivity index (χ0) is 13.9. The molecule has 1 aromatic rings. The van der Waals surface area contributed by atoms with Crippen LogP contribution in [-0.4, -0.2) is 20.1 Å². The molecule has 19 heavy (non-hydrogen) atoms. The number of rotatable bonds is 5. The van der Waals surface area contributed by atoms with E-state index in [-0.39, 0.29) is 0 Å². The van der Waals surface area contributed by atoms with Crippen molar-refractivity contribution in [1.82, 2.24) is 5.32 Å². The van der Waals surface area contributed by atoms with Crippen molar-refractivity contribution < 1.29 is 0 Å². The Kier molecular flexibility index (Phi) is 4.91. The summed E-state index contributed by atoms with van der Waals surface area (Å²) in [6.45, 7) is 7.98. The zero-order valence-corrected chi connectivity index (χ0v) is 13.9. The SMILES string of the molecule is CCC1(CC)CCN(c2ccc(CNC)c(Br)c2)C1. The molecule has 0 aliphatic carbocycles. The summed E-state index contributed by atoms with van der Waals surface area (Å²) in [7, 11) is 1.98. The molecule has 0 saturated carbocycles. The van der Waals surface area contributed by atoms with Gasteiger partial charge >= 0.3 is 0 Å². The molecule has 0 spiro atoms. The molecule has 2 nitrogen and oxygen atoms in total. The highest BCUT2D eigenvalue weighted by Gasteiger charge is 2.34. The molecule has 1 heterocycles. The van der Waals surface area contributed by atoms with Gasteiger partial charge in [0.05, 0.1) is 0 Å². The molecule has 1 aromatic carbocycles. The molecule has 0 radical (unpaired) electrons. The van der Waals surface area contributed by atoms with Gasteiger partial charge in [-0.2, -0.15) is 0 Å². The number of nitrogens with one attached hydrogen (secondary N) is 1. The lowest BCUT2D eigenvalue weighted by molar-refractivity contribution is 0.301. The second-order valence-electron chi connectivity index (χ2n) is 5.68. The van der Waals surface area contributed by atoms with Crippen LogP contribution in [0.4, 0.5) is 5.69 Å². The van der Waals surface area contributed by atoms with Crippen LogP contribution in [0.5, 0.6) is 0 Å². The monoisotopic (exact) mass is 324 g/mol. The summed E-state index contributed by atoms with van der Waals surface area (Å²) in [5.74, 6) is 0. The maximum Gasteiger partial charge on any atom is 0.0377 e. The topological polar surface area (TPSA) is 15.3 Å². The number of hydrogen-bond donors (Lipinski definition) is 1. The maximum absolute atomic E-state index is 3.69. The van der Waals surface area contributed by atoms with Gasteiger partial charge in [-0.1, -0.05) is 35.8 Å². The normalized spacial score (nSPS) is 18.0. The van der Waals surface area contributed by atoms with E-state index in [1.54, 1.807) is 0 Å². The first-order valence-electron chi connectivity index (χ1n) is 7.32. The summed E-state index contributed by atoms with van der Waals surface area (Å²) < 4.78 is 1.21. The number of nitrogens with zero attached hydrogens (tertiary/aromatic N) is 1. The third-order valence-electron chi connectivity index (χ3n) is 4.71. The van der Waals surface area contributed by atoms with Gasteiger partial charge in [0.1, 0.15) is 0 Å². The minimum atomic E-state index is 0.538. The minimum absolute atomic E-state index is 0.538. The molecule has 0 bridgehead atoms. The van der Waals surface area contributed by atoms with Gasteiger partial charge in [0.25, 0.3) is 0 Å². The molecular weight excluding hydrogens is 300 g/mol. The van der Waals surface area contributed by atoms with E-state index < -0.39 is 0 Å². The highest BCUT2D eigenvalue weighted by Crippen LogP contribution is 2.39. The molecule has 1 aliphatic rings. The van der Waals surface area contributed by atoms with E-state index in [1.807, 2.05) is 7.05 Å². The molecule has 1 fully saturated rings. The number of anilines is 1. The minimum Gasteiger partial charge on any atom is -0.371 e. The van der Waals surface area contributed by atoms with Gasteiger partial charge in [-0.25, -0.2) is 0 Å². The molecule has 2 rings (SSSR count). The Hall–Kier alpha value is -0.540. The van der Waals surface area contributed by atoms with Crippen molar-refractivity contribution in [1.29, 1.82) is 0 Å². The van der Waals surface area contributed by atoms with Crippen molar-refractivity contribution in [3.8, 4) is 0 Å². The summed E-state index contributed by atoms with van der Waals surface area (Å²) in [4.78, 5) is 2.54. The molecule has 1 saturated heterocycles. The van der Waals surface area contributed by atoms with Gasteiger partial charge in [0.15, 0.2) is 0 Å². The van der Waals surface area contributed by atoms with Crippen LogP contribution in [-0.2, 0) is 6.54 Å². The van der Waals surface area contributed by atoms with Crippen molar-refractivity contribution in [3.63, 3.8) is 0 Å². The van der Waals surface area contributed by atoms with Crippen LogP contribution in [0.25, 0.3) is 0 Å². The predicted octanol–water partition coefficient (Wildman–Crippen LogP) is 4.19. The third kappa shape index (κ3) is 3.14. The summed E-state index contributed by atoms with van der Waals surface area (Å²) >= 11 is 3.69. The van der Waals surface area contributed by atoms with Crippen LogP contribution in [0.2, 0.25) is 0 Å². The first-order valence-corrected chi connectivity index (χ1v) is 8.11. The van der Waals surface area contributed by atoms with Gasteiger partial charge < -0.3 is 10.2 Å². The quantitative estimate of drug-likeness (QED) is 0.873. The predicted molar refractivity (Wildman–Crippen MR) is 86.8 cm³/mol. The van der Waals surface area contributed by atoms with Crippen LogP contribution in [0.3, 0.4) is 0 Å². The molecule has 3 heteroatoms. The summed E-state index contributed by atoms with van der Waals surface area (Å²) in [6.07, 6.45) is 3.91. The first kappa shape index (κ1) is 14.9. The van der Waals surface area contributed by atoms with Crippen molar-refractivity contribution in [3.05, 3.63) is 28.2 Å². The molecule has 0 amide bonds. The van der Waals surface area contributed by atoms with E-state index in [0.29, 0.717) is 5.41 Å². The van der Waals surface area contributed by atoms with Crippen molar-refractivity contribution in [2.45, 2.75) is 39.7 Å². The van der Waals surface area contributed by atoms with E-state index in [1.165, 1.54) is 48.1 Å². The van der Waals surface area contributed by atoms with Crippen LogP contribution in [0.1, 0.15) is 38.7 Å². The van der Waals surface area contributed by atoms with Gasteiger partial charge in [-0.05, 0) is 49.4 Å². The lowest BCUT2D eigenvalue weighted by Crippen LogP contribution is -2.26. The Bertz CT molecular complexity index is 427. The Labute approximate surface area is 125 Å². The fourth-order valence-corrected chi connectivity index (χ4v) is 3.56. The van der Waals surface area contributed by atoms with E-state index >= 15 is 0 Å². The zero-order valence-electron chi connectivity index (χ0n) is 12.3. The number of hydrogen-bond acceptors (Lipinski definition) is 2. The molecule has 0 unspecified atom stereocenters. The van der Waals surface area contributed by atoms with Gasteiger partial charge in [-0.3, -0.25) is 0 Å². The molecule has 106 valence electrons. The second kappa shape index (κ2) is 6.27. The molecule has 1 N–H and O–H groups in total. The standard InChI is InChI=1S/C16H25BrN2/c1-4-16(5-2)8-9-19(12-16)14-7-6-13(11-18-3)15(17)10-14/h6-7,10,18H,4-5,8-9,11-12H2,1-3H3. The molecule has 0 aromatic heterocycles. The van der Waals surface area contributed by atoms with Gasteiger partial charge in [-0.15, -0.1) is 0 Å². The lowest BCUT2D eigenvalue weighted by Gasteiger charge is -2.27. The van der Waals surface area contributed by atoms with Crippen molar-refractivity contribution in [2.75, 3.05) is 25.0 Å². The Morgan fingerprint density at radius 2 is 2.05 bits per heavy atom. The average molecular weight is 325 g/mol. The highest BCUT2D eigenvalue weighted by atomic mass is 79.9. The van der Waals surface area contributed by atoms with E-state index in [0.717, 1.165) is 6.54 Å². The largest absolute Gasteiger partial charge is 0.371 e. The van der Waals surface area contributed by atoms with Crippen LogP contribution in [0.15, 0.2) is 22.7 Å². The van der Waals surface area contributed by atoms with Gasteiger partial charge in [0, 0.05) is 29.8 Å². The van der Waals surface area contributed by atoms with Crippen molar-refractivity contribution >= 4 is 21.6 Å². The number of halogens is 1.